The van der Waals surface area contributed by atoms with Crippen LogP contribution in [0, 0.1) is 0 Å². The molecule has 0 radical (unpaired) electrons. The Hall–Kier alpha value is -1.33. The normalized spacial score (nSPS) is 16.7. The minimum atomic E-state index is 0.400. The number of ether oxygens (including phenoxy) is 1. The molecule has 0 bridgehead atoms. The highest BCUT2D eigenvalue weighted by Crippen LogP contribution is 2.08. The van der Waals surface area contributed by atoms with Gasteiger partial charge in [-0.05, 0) is 0 Å². The fourth-order valence-electron chi connectivity index (χ4n) is 0.587. The zero-order valence-electron chi connectivity index (χ0n) is 8.14. The third kappa shape index (κ3) is 7.72. The van der Waals surface area contributed by atoms with E-state index in [2.05, 4.69) is 19.9 Å². The fourth-order valence-corrected chi connectivity index (χ4v) is 0.766. The number of halogens is 1. The third-order valence-electron chi connectivity index (χ3n) is 1.39. The lowest BCUT2D eigenvalue weighted by Crippen LogP contribution is -1.80. The summed E-state index contributed by atoms with van der Waals surface area (Å²) in [5.41, 5.74) is 0. The zero-order chi connectivity index (χ0) is 10.8. The van der Waals surface area contributed by atoms with Gasteiger partial charge in [-0.1, -0.05) is 0 Å². The van der Waals surface area contributed by atoms with E-state index in [1.54, 1.807) is 37.4 Å². The molecule has 1 fully saturated rings. The molecule has 3 rings (SSSR count). The Morgan fingerprint density at radius 1 is 1.20 bits per heavy atom. The molecule has 1 aliphatic heterocycles. The predicted octanol–water partition coefficient (Wildman–Crippen LogP) is 1.44. The Morgan fingerprint density at radius 3 is 1.80 bits per heavy atom. The topological polar surface area (TPSA) is 69.9 Å². The fraction of sp³-hybridized carbons (Fsp3) is 0.333. The van der Waals surface area contributed by atoms with Crippen molar-refractivity contribution in [3.8, 4) is 0 Å². The summed E-state index contributed by atoms with van der Waals surface area (Å²) in [6.07, 6.45) is 10.6. The van der Waals surface area contributed by atoms with Gasteiger partial charge in [0.1, 0.15) is 0 Å². The SMILES string of the molecule is ClCC1CO1.c1c[nH]cn1.c1c[nH]cn1. The second-order valence-corrected chi connectivity index (χ2v) is 2.94. The quantitative estimate of drug-likeness (QED) is 0.573. The highest BCUT2D eigenvalue weighted by molar-refractivity contribution is 6.18. The molecular formula is C9H13ClN4O. The first-order valence-electron chi connectivity index (χ1n) is 4.46. The number of nitrogens with zero attached hydrogens (tertiary/aromatic N) is 2. The maximum absolute atomic E-state index is 5.27. The van der Waals surface area contributed by atoms with Crippen molar-refractivity contribution in [3.05, 3.63) is 37.4 Å². The molecule has 2 aromatic heterocycles. The highest BCUT2D eigenvalue weighted by atomic mass is 35.5. The van der Waals surface area contributed by atoms with E-state index in [0.717, 1.165) is 6.61 Å². The summed E-state index contributed by atoms with van der Waals surface area (Å²) in [5, 5.41) is 0. The number of hydrogen-bond acceptors (Lipinski definition) is 3. The van der Waals surface area contributed by atoms with E-state index in [1.807, 2.05) is 0 Å². The molecule has 1 atom stereocenters. The van der Waals surface area contributed by atoms with Gasteiger partial charge in [0.15, 0.2) is 0 Å². The Labute approximate surface area is 92.9 Å². The number of alkyl halides is 1. The maximum atomic E-state index is 5.27. The molecule has 3 heterocycles. The summed E-state index contributed by atoms with van der Waals surface area (Å²) in [5.74, 6) is 0.667. The van der Waals surface area contributed by atoms with Crippen LogP contribution in [-0.4, -0.2) is 38.5 Å². The molecule has 1 aliphatic rings. The predicted molar refractivity (Wildman–Crippen MR) is 57.6 cm³/mol. The van der Waals surface area contributed by atoms with E-state index in [9.17, 15) is 0 Å². The van der Waals surface area contributed by atoms with Gasteiger partial charge in [-0.15, -0.1) is 11.6 Å². The van der Waals surface area contributed by atoms with Crippen LogP contribution in [0.1, 0.15) is 0 Å². The molecular weight excluding hydrogens is 216 g/mol. The molecule has 82 valence electrons. The molecule has 15 heavy (non-hydrogen) atoms. The number of aromatic amines is 2. The van der Waals surface area contributed by atoms with Crippen molar-refractivity contribution < 1.29 is 4.74 Å². The molecule has 2 N–H and O–H groups in total. The lowest BCUT2D eigenvalue weighted by molar-refractivity contribution is 0.425. The summed E-state index contributed by atoms with van der Waals surface area (Å²) >= 11 is 5.27. The van der Waals surface area contributed by atoms with Crippen LogP contribution in [0.5, 0.6) is 0 Å². The number of imidazole rings is 2. The van der Waals surface area contributed by atoms with Crippen molar-refractivity contribution in [3.63, 3.8) is 0 Å². The number of nitrogens with one attached hydrogen (secondary N) is 2. The monoisotopic (exact) mass is 228 g/mol. The molecule has 2 aromatic rings. The minimum absolute atomic E-state index is 0.400. The summed E-state index contributed by atoms with van der Waals surface area (Å²) < 4.78 is 4.73. The van der Waals surface area contributed by atoms with Crippen molar-refractivity contribution in [2.75, 3.05) is 12.5 Å². The Morgan fingerprint density at radius 2 is 1.73 bits per heavy atom. The Kier molecular flexibility index (Phi) is 6.28. The molecule has 0 aliphatic carbocycles. The van der Waals surface area contributed by atoms with Crippen molar-refractivity contribution in [2.45, 2.75) is 6.10 Å². The summed E-state index contributed by atoms with van der Waals surface area (Å²) in [4.78, 5) is 12.8. The number of aromatic nitrogens is 4. The van der Waals surface area contributed by atoms with Gasteiger partial charge in [0.2, 0.25) is 0 Å². The average Bonchev–Trinajstić information content (AvgIpc) is 2.85. The van der Waals surface area contributed by atoms with Crippen LogP contribution in [-0.2, 0) is 4.74 Å². The van der Waals surface area contributed by atoms with E-state index >= 15 is 0 Å². The number of rotatable bonds is 1. The summed E-state index contributed by atoms with van der Waals surface area (Å²) in [6, 6.07) is 0. The molecule has 0 aromatic carbocycles. The van der Waals surface area contributed by atoms with E-state index in [-0.39, 0.29) is 0 Å². The van der Waals surface area contributed by atoms with Gasteiger partial charge < -0.3 is 14.7 Å². The second-order valence-electron chi connectivity index (χ2n) is 2.63. The van der Waals surface area contributed by atoms with Crippen LogP contribution in [0.2, 0.25) is 0 Å². The van der Waals surface area contributed by atoms with E-state index in [1.165, 1.54) is 0 Å². The van der Waals surface area contributed by atoms with Gasteiger partial charge in [-0.2, -0.15) is 0 Å². The van der Waals surface area contributed by atoms with Crippen molar-refractivity contribution >= 4 is 11.6 Å². The van der Waals surface area contributed by atoms with Crippen molar-refractivity contribution in [1.82, 2.24) is 19.9 Å². The first-order chi connectivity index (χ1) is 7.43. The summed E-state index contributed by atoms with van der Waals surface area (Å²) in [7, 11) is 0. The Balaban J connectivity index is 0.000000112. The molecule has 6 heteroatoms. The largest absolute Gasteiger partial charge is 0.372 e. The van der Waals surface area contributed by atoms with E-state index in [4.69, 9.17) is 16.3 Å². The number of epoxide rings is 1. The van der Waals surface area contributed by atoms with Gasteiger partial charge in [-0.25, -0.2) is 9.97 Å². The molecule has 0 saturated carbocycles. The highest BCUT2D eigenvalue weighted by Gasteiger charge is 2.19. The number of H-pyrrole nitrogens is 2. The smallest absolute Gasteiger partial charge is 0.0944 e. The first-order valence-corrected chi connectivity index (χ1v) is 5.00. The lowest BCUT2D eigenvalue weighted by Gasteiger charge is -1.67. The molecule has 0 amide bonds. The van der Waals surface area contributed by atoms with Crippen LogP contribution in [0.3, 0.4) is 0 Å². The van der Waals surface area contributed by atoms with Gasteiger partial charge >= 0.3 is 0 Å². The second kappa shape index (κ2) is 8.02. The van der Waals surface area contributed by atoms with E-state index in [0.29, 0.717) is 12.0 Å². The zero-order valence-corrected chi connectivity index (χ0v) is 8.89. The van der Waals surface area contributed by atoms with Gasteiger partial charge in [0, 0.05) is 24.8 Å². The van der Waals surface area contributed by atoms with Gasteiger partial charge in [0.05, 0.1) is 31.2 Å². The van der Waals surface area contributed by atoms with Crippen LogP contribution in [0.15, 0.2) is 37.4 Å². The molecule has 1 unspecified atom stereocenters. The lowest BCUT2D eigenvalue weighted by atomic mass is 10.6. The maximum Gasteiger partial charge on any atom is 0.0944 e. The molecule has 0 spiro atoms. The number of hydrogen-bond donors (Lipinski definition) is 2. The third-order valence-corrected chi connectivity index (χ3v) is 1.73. The average molecular weight is 229 g/mol. The summed E-state index contributed by atoms with van der Waals surface area (Å²) in [6.45, 7) is 0.878. The van der Waals surface area contributed by atoms with Crippen LogP contribution >= 0.6 is 11.6 Å². The van der Waals surface area contributed by atoms with Crippen LogP contribution in [0.25, 0.3) is 0 Å². The standard InChI is InChI=1S/C3H5ClO.2C3H4N2/c4-1-3-2-5-3;2*1-2-5-3-4-1/h3H,1-2H2;2*1-3H,(H,4,5). The first kappa shape index (κ1) is 11.7. The molecule has 5 nitrogen and oxygen atoms in total. The van der Waals surface area contributed by atoms with Crippen molar-refractivity contribution in [2.24, 2.45) is 0 Å². The van der Waals surface area contributed by atoms with Crippen LogP contribution < -0.4 is 0 Å². The molecule has 1 saturated heterocycles. The van der Waals surface area contributed by atoms with Gasteiger partial charge in [-0.3, -0.25) is 0 Å². The van der Waals surface area contributed by atoms with E-state index < -0.39 is 0 Å². The minimum Gasteiger partial charge on any atom is -0.372 e. The Bertz CT molecular complexity index is 233. The van der Waals surface area contributed by atoms with Crippen molar-refractivity contribution in [1.29, 1.82) is 0 Å². The van der Waals surface area contributed by atoms with Gasteiger partial charge in [0.25, 0.3) is 0 Å². The van der Waals surface area contributed by atoms with Crippen LogP contribution in [0.4, 0.5) is 0 Å².